The monoisotopic (exact) mass is 514 g/mol. The first-order valence-electron chi connectivity index (χ1n) is 12.2. The second kappa shape index (κ2) is 9.64. The number of esters is 1. The first kappa shape index (κ1) is 25.0. The van der Waals surface area contributed by atoms with Crippen molar-refractivity contribution in [3.63, 3.8) is 0 Å². The van der Waals surface area contributed by atoms with E-state index in [0.717, 1.165) is 36.3 Å². The first-order valence-corrected chi connectivity index (χ1v) is 12.2. The number of carbonyl (C=O) groups excluding carboxylic acids is 4. The molecule has 0 spiro atoms. The second-order valence-corrected chi connectivity index (χ2v) is 9.84. The number of amides is 3. The number of anilines is 1. The topological polar surface area (TPSA) is 92.8 Å². The molecule has 1 aliphatic heterocycles. The Morgan fingerprint density at radius 2 is 1.54 bits per heavy atom. The van der Waals surface area contributed by atoms with Crippen molar-refractivity contribution in [3.05, 3.63) is 65.7 Å². The number of carbonyl (C=O) groups is 4. The molecule has 5 rings (SSSR count). The fraction of sp³-hybridized carbons (Fsp3) is 0.407. The Morgan fingerprint density at radius 3 is 2.16 bits per heavy atom. The average molecular weight is 515 g/mol. The van der Waals surface area contributed by atoms with Crippen molar-refractivity contribution in [2.45, 2.75) is 37.9 Å². The van der Waals surface area contributed by atoms with Crippen LogP contribution in [0.2, 0.25) is 0 Å². The normalized spacial score (nSPS) is 25.2. The van der Waals surface area contributed by atoms with Gasteiger partial charge in [0.15, 0.2) is 6.61 Å². The van der Waals surface area contributed by atoms with Crippen molar-refractivity contribution in [3.8, 4) is 0 Å². The van der Waals surface area contributed by atoms with Crippen LogP contribution in [-0.2, 0) is 36.5 Å². The number of nitrogens with one attached hydrogen (secondary N) is 1. The number of rotatable bonds is 7. The van der Waals surface area contributed by atoms with Gasteiger partial charge in [0.1, 0.15) is 6.04 Å². The summed E-state index contributed by atoms with van der Waals surface area (Å²) in [6, 6.07) is 12.0. The van der Waals surface area contributed by atoms with Crippen LogP contribution in [0.5, 0.6) is 0 Å². The van der Waals surface area contributed by atoms with E-state index in [9.17, 15) is 32.3 Å². The van der Waals surface area contributed by atoms with E-state index in [1.807, 2.05) is 0 Å². The molecular formula is C27H25F3N2O5. The molecule has 1 saturated heterocycles. The number of alkyl halides is 3. The number of halogens is 3. The van der Waals surface area contributed by atoms with E-state index in [2.05, 4.69) is 5.32 Å². The lowest BCUT2D eigenvalue weighted by molar-refractivity contribution is -0.160. The molecule has 37 heavy (non-hydrogen) atoms. The lowest BCUT2D eigenvalue weighted by Gasteiger charge is -2.26. The third kappa shape index (κ3) is 4.72. The number of nitrogens with zero attached hydrogens (tertiary/aromatic N) is 1. The lowest BCUT2D eigenvalue weighted by Crippen LogP contribution is -2.48. The molecule has 7 nitrogen and oxygen atoms in total. The van der Waals surface area contributed by atoms with Crippen molar-refractivity contribution >= 4 is 29.4 Å². The molecule has 194 valence electrons. The molecule has 3 aliphatic rings. The molecule has 2 aromatic rings. The van der Waals surface area contributed by atoms with Crippen LogP contribution >= 0.6 is 0 Å². The van der Waals surface area contributed by atoms with Gasteiger partial charge in [0, 0.05) is 6.42 Å². The maximum absolute atomic E-state index is 13.3. The van der Waals surface area contributed by atoms with E-state index in [1.54, 1.807) is 30.3 Å². The number of imide groups is 1. The summed E-state index contributed by atoms with van der Waals surface area (Å²) in [4.78, 5) is 53.3. The summed E-state index contributed by atoms with van der Waals surface area (Å²) >= 11 is 0. The molecule has 5 atom stereocenters. The Labute approximate surface area is 211 Å². The van der Waals surface area contributed by atoms with E-state index >= 15 is 0 Å². The maximum Gasteiger partial charge on any atom is 0.418 e. The largest absolute Gasteiger partial charge is 0.454 e. The van der Waals surface area contributed by atoms with Gasteiger partial charge in [-0.1, -0.05) is 42.5 Å². The van der Waals surface area contributed by atoms with Gasteiger partial charge >= 0.3 is 12.1 Å². The summed E-state index contributed by atoms with van der Waals surface area (Å²) in [7, 11) is 0. The molecule has 2 bridgehead atoms. The maximum atomic E-state index is 13.3. The second-order valence-electron chi connectivity index (χ2n) is 9.84. The number of likely N-dealkylation sites (tertiary alicyclic amines) is 1. The molecule has 3 fully saturated rings. The average Bonchev–Trinajstić information content (AvgIpc) is 3.55. The predicted molar refractivity (Wildman–Crippen MR) is 125 cm³/mol. The summed E-state index contributed by atoms with van der Waals surface area (Å²) in [5.74, 6) is -3.31. The van der Waals surface area contributed by atoms with Crippen LogP contribution in [-0.4, -0.2) is 41.2 Å². The summed E-state index contributed by atoms with van der Waals surface area (Å²) in [5, 5.41) is 2.12. The van der Waals surface area contributed by atoms with Crippen LogP contribution in [0.15, 0.2) is 54.6 Å². The van der Waals surface area contributed by atoms with Gasteiger partial charge < -0.3 is 10.1 Å². The van der Waals surface area contributed by atoms with E-state index in [0.29, 0.717) is 5.56 Å². The molecular weight excluding hydrogens is 489 g/mol. The minimum absolute atomic E-state index is 0.00442. The van der Waals surface area contributed by atoms with Crippen LogP contribution in [0.1, 0.15) is 30.4 Å². The van der Waals surface area contributed by atoms with E-state index in [-0.39, 0.29) is 30.1 Å². The number of benzene rings is 2. The van der Waals surface area contributed by atoms with Gasteiger partial charge in [-0.05, 0) is 48.8 Å². The van der Waals surface area contributed by atoms with Gasteiger partial charge in [-0.3, -0.25) is 19.3 Å². The van der Waals surface area contributed by atoms with Crippen molar-refractivity contribution in [1.82, 2.24) is 4.90 Å². The van der Waals surface area contributed by atoms with E-state index < -0.39 is 53.8 Å². The Kier molecular flexibility index (Phi) is 6.51. The number of hydrogen-bond donors (Lipinski definition) is 1. The minimum Gasteiger partial charge on any atom is -0.454 e. The molecule has 1 N–H and O–H groups in total. The highest BCUT2D eigenvalue weighted by Gasteiger charge is 2.62. The molecule has 0 radical (unpaired) electrons. The minimum atomic E-state index is -4.69. The zero-order valence-electron chi connectivity index (χ0n) is 19.7. The van der Waals surface area contributed by atoms with Crippen molar-refractivity contribution < 1.29 is 37.1 Å². The standard InChI is InChI=1S/C27H25F3N2O5/c28-27(29,30)18-8-4-5-9-19(18)31-21(33)14-37-26(36)20(12-15-6-2-1-3-7-15)32-24(34)22-16-10-11-17(13-16)23(22)25(32)35/h1-9,16-17,20,22-23H,10-14H2,(H,31,33)/t16-,17-,20+,22-,23+/m0/s1. The van der Waals surface area contributed by atoms with Crippen molar-refractivity contribution in [2.75, 3.05) is 11.9 Å². The molecule has 2 saturated carbocycles. The van der Waals surface area contributed by atoms with Crippen molar-refractivity contribution in [2.24, 2.45) is 23.7 Å². The zero-order chi connectivity index (χ0) is 26.3. The first-order chi connectivity index (χ1) is 17.6. The summed E-state index contributed by atoms with van der Waals surface area (Å²) in [5.41, 5.74) is -0.815. The lowest BCUT2D eigenvalue weighted by atomic mass is 9.81. The molecule has 0 unspecified atom stereocenters. The predicted octanol–water partition coefficient (Wildman–Crippen LogP) is 3.83. The molecule has 2 aromatic carbocycles. The SMILES string of the molecule is O=C(COC(=O)[C@@H](Cc1ccccc1)N1C(=O)[C@@H]2[C@H]3CC[C@@H](C3)[C@@H]2C1=O)Nc1ccccc1C(F)(F)F. The third-order valence-electron chi connectivity index (χ3n) is 7.67. The van der Waals surface area contributed by atoms with Gasteiger partial charge in [0.2, 0.25) is 11.8 Å². The Morgan fingerprint density at radius 1 is 0.946 bits per heavy atom. The highest BCUT2D eigenvalue weighted by molar-refractivity contribution is 6.08. The highest BCUT2D eigenvalue weighted by Crippen LogP contribution is 2.56. The van der Waals surface area contributed by atoms with E-state index in [1.165, 1.54) is 12.1 Å². The van der Waals surface area contributed by atoms with Crippen LogP contribution in [0.25, 0.3) is 0 Å². The number of para-hydroxylation sites is 1. The smallest absolute Gasteiger partial charge is 0.418 e. The van der Waals surface area contributed by atoms with Crippen LogP contribution < -0.4 is 5.32 Å². The van der Waals surface area contributed by atoms with Crippen molar-refractivity contribution in [1.29, 1.82) is 0 Å². The van der Waals surface area contributed by atoms with Crippen LogP contribution in [0.4, 0.5) is 18.9 Å². The number of hydrogen-bond acceptors (Lipinski definition) is 5. The Hall–Kier alpha value is -3.69. The summed E-state index contributed by atoms with van der Waals surface area (Å²) in [6.45, 7) is -0.870. The van der Waals surface area contributed by atoms with Crippen LogP contribution in [0.3, 0.4) is 0 Å². The zero-order valence-corrected chi connectivity index (χ0v) is 19.7. The highest BCUT2D eigenvalue weighted by atomic mass is 19.4. The summed E-state index contributed by atoms with van der Waals surface area (Å²) in [6.07, 6.45) is -2.08. The van der Waals surface area contributed by atoms with Gasteiger partial charge in [-0.25, -0.2) is 4.79 Å². The van der Waals surface area contributed by atoms with Gasteiger partial charge in [0.25, 0.3) is 5.91 Å². The van der Waals surface area contributed by atoms with Crippen LogP contribution in [0, 0.1) is 23.7 Å². The Balaban J connectivity index is 1.32. The fourth-order valence-electron chi connectivity index (χ4n) is 6.11. The Bertz CT molecular complexity index is 1200. The number of ether oxygens (including phenoxy) is 1. The number of fused-ring (bicyclic) bond motifs is 5. The van der Waals surface area contributed by atoms with Gasteiger partial charge in [-0.2, -0.15) is 13.2 Å². The third-order valence-corrected chi connectivity index (χ3v) is 7.67. The van der Waals surface area contributed by atoms with Gasteiger partial charge in [-0.15, -0.1) is 0 Å². The quantitative estimate of drug-likeness (QED) is 0.448. The fourth-order valence-corrected chi connectivity index (χ4v) is 6.11. The van der Waals surface area contributed by atoms with Gasteiger partial charge in [0.05, 0.1) is 23.1 Å². The van der Waals surface area contributed by atoms with E-state index in [4.69, 9.17) is 4.74 Å². The molecule has 2 aliphatic carbocycles. The molecule has 10 heteroatoms. The molecule has 3 amide bonds. The molecule has 0 aromatic heterocycles. The summed E-state index contributed by atoms with van der Waals surface area (Å²) < 4.78 is 44.8. The molecule has 1 heterocycles.